The summed E-state index contributed by atoms with van der Waals surface area (Å²) in [6.45, 7) is 17.6. The van der Waals surface area contributed by atoms with E-state index in [-0.39, 0.29) is 53.7 Å². The van der Waals surface area contributed by atoms with Crippen LogP contribution >= 0.6 is 43.5 Å². The molecule has 0 bridgehead atoms. The van der Waals surface area contributed by atoms with Crippen molar-refractivity contribution in [1.29, 1.82) is 0 Å². The van der Waals surface area contributed by atoms with E-state index in [4.69, 9.17) is 43.4 Å². The van der Waals surface area contributed by atoms with Crippen molar-refractivity contribution in [2.75, 3.05) is 24.9 Å². The van der Waals surface area contributed by atoms with E-state index in [1.165, 1.54) is 86.9 Å². The van der Waals surface area contributed by atoms with Crippen LogP contribution in [0.1, 0.15) is 123 Å². The Balaban J connectivity index is 0.000000140. The molecule has 0 saturated carbocycles. The summed E-state index contributed by atoms with van der Waals surface area (Å²) in [4.78, 5) is 59.7. The molecule has 29 heteroatoms. The highest BCUT2D eigenvalue weighted by Crippen LogP contribution is 2.36. The Morgan fingerprint density at radius 1 is 0.478 bits per heavy atom. The van der Waals surface area contributed by atoms with Gasteiger partial charge in [-0.1, -0.05) is 117 Å². The summed E-state index contributed by atoms with van der Waals surface area (Å²) in [5, 5.41) is 15.3. The van der Waals surface area contributed by atoms with Gasteiger partial charge < -0.3 is 42.4 Å². The molecule has 2 amide bonds. The lowest BCUT2D eigenvalue weighted by Crippen LogP contribution is -2.15. The zero-order valence-electron chi connectivity index (χ0n) is 63.0. The SMILES string of the molecule is COc1cc(Br)cc2cc(S(=O)(=O)c3ccc(C(C)(C)C)cc3)c(=O)oc12.COc1cc(Br)cc2cc(S(=O)(=O)c3ccc(F)c(C)c3)c(=O)oc12.Cc1ccc(NC(=O)c2noc3c2CCC3)cc1C.Cc1ccc(NC(=O)c2noc3c2CCCC3)cc1C.Cc1ccc2oc(=O)c(S(=O)(=O)c3cccc(Cl)c3)cc2c1. The molecule has 5 aromatic heterocycles. The molecule has 0 atom stereocenters. The normalized spacial score (nSPS) is 12.5. The number of aryl methyl sites for hydroxylation is 8. The second-order valence-corrected chi connectivity index (χ2v) is 35.9. The third-order valence-electron chi connectivity index (χ3n) is 18.8. The molecule has 0 spiro atoms. The number of anilines is 2. The molecule has 0 radical (unpaired) electrons. The lowest BCUT2D eigenvalue weighted by Gasteiger charge is -2.19. The molecule has 2 aliphatic rings. The van der Waals surface area contributed by atoms with Crippen molar-refractivity contribution in [1.82, 2.24) is 10.3 Å². The summed E-state index contributed by atoms with van der Waals surface area (Å²) in [5.41, 5.74) is 9.01. The van der Waals surface area contributed by atoms with Crippen molar-refractivity contribution in [2.24, 2.45) is 0 Å². The van der Waals surface area contributed by atoms with Gasteiger partial charge in [-0.15, -0.1) is 0 Å². The van der Waals surface area contributed by atoms with Crippen molar-refractivity contribution in [2.45, 2.75) is 142 Å². The van der Waals surface area contributed by atoms with Crippen molar-refractivity contribution in [3.05, 3.63) is 288 Å². The standard InChI is InChI=1S/C20H19BrO5S.C17H12BrFO5S.C16H11ClO4S.C16H18N2O2.C15H16N2O2/c1-20(2,3)13-5-7-15(8-6-13)27(23,24)17-10-12-9-14(21)11-16(25-4)18(12)26-19(17)22;1-9-5-12(3-4-13(9)19)25(21,22)15-7-10-6-11(18)8-14(23-2)16(10)24-17(15)20;1-10-5-6-14-11(7-10)8-15(16(18)21-14)22(19,20)13-4-2-3-12(17)9-13;1-10-7-8-12(9-11(10)2)17-16(19)15-13-5-3-4-6-14(13)20-18-15;1-9-6-7-11(8-10(9)2)16-15(18)14-12-4-3-5-13(12)19-17-14/h5-11H,1-4H3;3-8H,1-2H3;2-9H,1H3;7-9H,3-6H2,1-2H3,(H,17,19);6-8H,3-5H2,1-2H3,(H,16,18). The van der Waals surface area contributed by atoms with E-state index in [0.717, 1.165) is 113 Å². The van der Waals surface area contributed by atoms with Crippen LogP contribution in [0.5, 0.6) is 11.5 Å². The van der Waals surface area contributed by atoms with Gasteiger partial charge in [0.25, 0.3) is 11.8 Å². The zero-order chi connectivity index (χ0) is 81.8. The number of hydrogen-bond donors (Lipinski definition) is 2. The Kier molecular flexibility index (Phi) is 25.3. The predicted molar refractivity (Wildman–Crippen MR) is 434 cm³/mol. The van der Waals surface area contributed by atoms with Crippen LogP contribution < -0.4 is 37.0 Å². The number of aromatic nitrogens is 2. The van der Waals surface area contributed by atoms with Gasteiger partial charge in [0.1, 0.15) is 22.9 Å². The van der Waals surface area contributed by atoms with Crippen LogP contribution in [0.2, 0.25) is 5.02 Å². The van der Waals surface area contributed by atoms with Gasteiger partial charge in [0.2, 0.25) is 29.5 Å². The molecule has 586 valence electrons. The fourth-order valence-electron chi connectivity index (χ4n) is 12.3. The number of carbonyl (C=O) groups excluding carboxylic acids is 2. The number of carbonyl (C=O) groups is 2. The maximum Gasteiger partial charge on any atom is 0.355 e. The summed E-state index contributed by atoms with van der Waals surface area (Å²) in [6, 6.07) is 43.0. The number of nitrogens with one attached hydrogen (secondary N) is 2. The molecule has 5 heterocycles. The number of methoxy groups -OCH3 is 2. The highest BCUT2D eigenvalue weighted by Gasteiger charge is 2.31. The number of rotatable bonds is 12. The molecule has 2 N–H and O–H groups in total. The number of fused-ring (bicyclic) bond motifs is 5. The molecule has 0 unspecified atom stereocenters. The largest absolute Gasteiger partial charge is 0.493 e. The Labute approximate surface area is 671 Å². The molecule has 0 fully saturated rings. The van der Waals surface area contributed by atoms with Gasteiger partial charge in [0.15, 0.2) is 48.7 Å². The molecule has 0 aliphatic heterocycles. The van der Waals surface area contributed by atoms with Gasteiger partial charge in [0, 0.05) is 65.5 Å². The van der Waals surface area contributed by atoms with E-state index in [9.17, 15) is 53.6 Å². The molecule has 22 nitrogen and oxygen atoms in total. The smallest absolute Gasteiger partial charge is 0.355 e. The molecule has 0 saturated heterocycles. The Morgan fingerprint density at radius 2 is 0.929 bits per heavy atom. The first-order valence-electron chi connectivity index (χ1n) is 35.2. The van der Waals surface area contributed by atoms with E-state index in [0.29, 0.717) is 53.6 Å². The Hall–Kier alpha value is -10.6. The molecule has 2 aliphatic carbocycles. The summed E-state index contributed by atoms with van der Waals surface area (Å²) in [5.74, 6) is 1.48. The van der Waals surface area contributed by atoms with Crippen LogP contribution in [0, 0.1) is 47.4 Å². The number of ether oxygens (including phenoxy) is 2. The van der Waals surface area contributed by atoms with E-state index >= 15 is 0 Å². The van der Waals surface area contributed by atoms with Crippen molar-refractivity contribution in [3.63, 3.8) is 0 Å². The number of halogens is 4. The number of nitrogens with zero attached hydrogens (tertiary/aromatic N) is 2. The molecule has 8 aromatic carbocycles. The fraction of sp³-hybridized carbons (Fsp3) is 0.226. The molecular weight excluding hydrogens is 1660 g/mol. The third-order valence-corrected chi connectivity index (χ3v) is 25.2. The Morgan fingerprint density at radius 3 is 1.41 bits per heavy atom. The molecular formula is C84H76Br2ClFN4O18S3. The summed E-state index contributed by atoms with van der Waals surface area (Å²) in [6.07, 6.45) is 6.79. The summed E-state index contributed by atoms with van der Waals surface area (Å²) in [7, 11) is -9.31. The maximum absolute atomic E-state index is 13.4. The third kappa shape index (κ3) is 18.9. The van der Waals surface area contributed by atoms with E-state index in [1.807, 2.05) is 84.9 Å². The molecule has 13 aromatic rings. The van der Waals surface area contributed by atoms with Crippen LogP contribution in [0.3, 0.4) is 0 Å². The second-order valence-electron chi connectivity index (χ2n) is 27.9. The fourth-order valence-corrected chi connectivity index (χ4v) is 17.5. The highest BCUT2D eigenvalue weighted by molar-refractivity contribution is 9.10. The van der Waals surface area contributed by atoms with Gasteiger partial charge in [-0.25, -0.2) is 44.0 Å². The topological polar surface area (TPSA) is 322 Å². The first-order chi connectivity index (χ1) is 53.4. The average Bonchev–Trinajstić information content (AvgIpc) is 1.55. The number of hydrogen-bond acceptors (Lipinski definition) is 20. The average molecular weight is 1740 g/mol. The number of sulfone groups is 3. The van der Waals surface area contributed by atoms with Crippen molar-refractivity contribution >= 4 is 129 Å². The molecule has 15 rings (SSSR count). The maximum atomic E-state index is 13.4. The molecule has 113 heavy (non-hydrogen) atoms. The summed E-state index contributed by atoms with van der Waals surface area (Å²) < 4.78 is 128. The van der Waals surface area contributed by atoms with Crippen molar-refractivity contribution < 1.29 is 71.0 Å². The van der Waals surface area contributed by atoms with Crippen LogP contribution in [0.4, 0.5) is 15.8 Å². The second kappa shape index (κ2) is 34.4. The predicted octanol–water partition coefficient (Wildman–Crippen LogP) is 18.6. The lowest BCUT2D eigenvalue weighted by atomic mass is 9.87. The number of benzene rings is 8. The van der Waals surface area contributed by atoms with E-state index in [1.54, 1.807) is 60.7 Å². The van der Waals surface area contributed by atoms with Gasteiger partial charge in [0.05, 0.1) is 28.9 Å². The van der Waals surface area contributed by atoms with Crippen molar-refractivity contribution in [3.8, 4) is 11.5 Å². The van der Waals surface area contributed by atoms with Crippen LogP contribution in [-0.4, -0.2) is 61.6 Å². The van der Waals surface area contributed by atoms with Crippen LogP contribution in [0.15, 0.2) is 239 Å². The monoisotopic (exact) mass is 1740 g/mol. The minimum atomic E-state index is -4.16. The minimum absolute atomic E-state index is 0.0423. The van der Waals surface area contributed by atoms with Gasteiger partial charge in [-0.2, -0.15) is 0 Å². The lowest BCUT2D eigenvalue weighted by molar-refractivity contribution is 0.100. The van der Waals surface area contributed by atoms with E-state index in [2.05, 4.69) is 59.7 Å². The zero-order valence-corrected chi connectivity index (χ0v) is 69.4. The Bertz CT molecular complexity index is 6450. The first-order valence-corrected chi connectivity index (χ1v) is 41.6. The first kappa shape index (κ1) is 83.3. The highest BCUT2D eigenvalue weighted by atomic mass is 79.9. The van der Waals surface area contributed by atoms with Gasteiger partial charge in [-0.05, 0) is 240 Å². The van der Waals surface area contributed by atoms with Crippen LogP contribution in [-0.2, 0) is 60.6 Å². The van der Waals surface area contributed by atoms with Gasteiger partial charge in [-0.3, -0.25) is 9.59 Å². The van der Waals surface area contributed by atoms with Gasteiger partial charge >= 0.3 is 16.9 Å². The minimum Gasteiger partial charge on any atom is -0.493 e. The van der Waals surface area contributed by atoms with E-state index < -0.39 is 66.9 Å². The number of amides is 2. The summed E-state index contributed by atoms with van der Waals surface area (Å²) >= 11 is 12.5. The van der Waals surface area contributed by atoms with Crippen LogP contribution in [0.25, 0.3) is 32.9 Å². The quantitative estimate of drug-likeness (QED) is 0.0847.